The van der Waals surface area contributed by atoms with Gasteiger partial charge < -0.3 is 20.3 Å². The summed E-state index contributed by atoms with van der Waals surface area (Å²) in [5.74, 6) is -0.0549. The summed E-state index contributed by atoms with van der Waals surface area (Å²) in [6.07, 6.45) is 1.11. The highest BCUT2D eigenvalue weighted by atomic mass is 16.6. The van der Waals surface area contributed by atoms with E-state index in [0.29, 0.717) is 24.3 Å². The van der Waals surface area contributed by atoms with Crippen LogP contribution in [0.1, 0.15) is 50.9 Å². The second-order valence-corrected chi connectivity index (χ2v) is 7.50. The van der Waals surface area contributed by atoms with Gasteiger partial charge in [0.05, 0.1) is 0 Å². The molecule has 7 heteroatoms. The summed E-state index contributed by atoms with van der Waals surface area (Å²) in [5, 5.41) is 5.63. The molecule has 26 heavy (non-hydrogen) atoms. The van der Waals surface area contributed by atoms with Gasteiger partial charge in [0.25, 0.3) is 0 Å². The van der Waals surface area contributed by atoms with E-state index in [0.717, 1.165) is 12.8 Å². The molecule has 0 radical (unpaired) electrons. The number of hydrogen-bond donors (Lipinski definition) is 2. The first kappa shape index (κ1) is 19.8. The van der Waals surface area contributed by atoms with Crippen LogP contribution in [0.4, 0.5) is 15.3 Å². The van der Waals surface area contributed by atoms with Crippen molar-refractivity contribution in [2.24, 2.45) is 0 Å². The van der Waals surface area contributed by atoms with Crippen LogP contribution in [0.15, 0.2) is 24.3 Å². The Bertz CT molecular complexity index is 682. The molecule has 0 spiro atoms. The van der Waals surface area contributed by atoms with Gasteiger partial charge in [-0.2, -0.15) is 0 Å². The van der Waals surface area contributed by atoms with Gasteiger partial charge in [0, 0.05) is 30.4 Å². The molecule has 1 aromatic carbocycles. The molecule has 1 saturated heterocycles. The zero-order chi connectivity index (χ0) is 19.3. The van der Waals surface area contributed by atoms with E-state index in [2.05, 4.69) is 10.6 Å². The summed E-state index contributed by atoms with van der Waals surface area (Å²) in [6.45, 7) is 7.94. The van der Waals surface area contributed by atoms with E-state index in [1.807, 2.05) is 20.8 Å². The van der Waals surface area contributed by atoms with E-state index < -0.39 is 11.7 Å². The fourth-order valence-electron chi connectivity index (χ4n) is 2.77. The Balaban J connectivity index is 1.92. The number of nitrogens with one attached hydrogen (secondary N) is 2. The summed E-state index contributed by atoms with van der Waals surface area (Å²) in [5.41, 5.74) is 0.563. The van der Waals surface area contributed by atoms with Crippen molar-refractivity contribution in [3.8, 4) is 0 Å². The molecule has 2 rings (SSSR count). The minimum Gasteiger partial charge on any atom is -0.444 e. The monoisotopic (exact) mass is 361 g/mol. The van der Waals surface area contributed by atoms with Crippen LogP contribution in [0, 0.1) is 0 Å². The lowest BCUT2D eigenvalue weighted by atomic mass is 10.1. The first-order valence-electron chi connectivity index (χ1n) is 8.80. The number of amides is 3. The SMILES string of the molecule is CC(=O)c1cccc(NC(=O)N2CCC[C@H](NC(=O)OC(C)(C)C)C2)c1. The van der Waals surface area contributed by atoms with Crippen LogP contribution in [0.3, 0.4) is 0 Å². The van der Waals surface area contributed by atoms with Gasteiger partial charge in [-0.15, -0.1) is 0 Å². The molecule has 0 unspecified atom stereocenters. The largest absolute Gasteiger partial charge is 0.444 e. The second kappa shape index (κ2) is 8.21. The van der Waals surface area contributed by atoms with Gasteiger partial charge in [0.2, 0.25) is 0 Å². The fraction of sp³-hybridized carbons (Fsp3) is 0.526. The van der Waals surface area contributed by atoms with E-state index in [9.17, 15) is 14.4 Å². The molecule has 3 amide bonds. The molecule has 7 nitrogen and oxygen atoms in total. The quantitative estimate of drug-likeness (QED) is 0.808. The predicted octanol–water partition coefficient (Wildman–Crippen LogP) is 3.41. The lowest BCUT2D eigenvalue weighted by Gasteiger charge is -2.33. The van der Waals surface area contributed by atoms with Crippen molar-refractivity contribution in [3.05, 3.63) is 29.8 Å². The lowest BCUT2D eigenvalue weighted by molar-refractivity contribution is 0.0480. The Morgan fingerprint density at radius 1 is 1.23 bits per heavy atom. The molecule has 1 fully saturated rings. The number of piperidine rings is 1. The fourth-order valence-corrected chi connectivity index (χ4v) is 2.77. The summed E-state index contributed by atoms with van der Waals surface area (Å²) in [7, 11) is 0. The summed E-state index contributed by atoms with van der Waals surface area (Å²) < 4.78 is 5.27. The number of Topliss-reactive ketones (excluding diaryl/α,β-unsaturated/α-hetero) is 1. The smallest absolute Gasteiger partial charge is 0.407 e. The van der Waals surface area contributed by atoms with Gasteiger partial charge in [-0.3, -0.25) is 4.79 Å². The Morgan fingerprint density at radius 2 is 1.96 bits per heavy atom. The van der Waals surface area contributed by atoms with Crippen LogP contribution >= 0.6 is 0 Å². The maximum absolute atomic E-state index is 12.5. The molecule has 1 heterocycles. The van der Waals surface area contributed by atoms with Crippen LogP contribution < -0.4 is 10.6 Å². The van der Waals surface area contributed by atoms with Crippen molar-refractivity contribution in [3.63, 3.8) is 0 Å². The number of ether oxygens (including phenoxy) is 1. The molecular weight excluding hydrogens is 334 g/mol. The molecule has 0 aromatic heterocycles. The number of anilines is 1. The standard InChI is InChI=1S/C19H27N3O4/c1-13(23)14-7-5-8-15(11-14)20-17(24)22-10-6-9-16(12-22)21-18(25)26-19(2,3)4/h5,7-8,11,16H,6,9-10,12H2,1-4H3,(H,20,24)(H,21,25)/t16-/m0/s1. The van der Waals surface area contributed by atoms with Crippen molar-refractivity contribution in [1.29, 1.82) is 0 Å². The van der Waals surface area contributed by atoms with Gasteiger partial charge in [-0.05, 0) is 52.7 Å². The highest BCUT2D eigenvalue weighted by molar-refractivity contribution is 5.96. The molecule has 0 saturated carbocycles. The third-order valence-corrected chi connectivity index (χ3v) is 3.95. The molecule has 0 aliphatic carbocycles. The average molecular weight is 361 g/mol. The molecule has 0 bridgehead atoms. The number of benzene rings is 1. The summed E-state index contributed by atoms with van der Waals surface area (Å²) in [4.78, 5) is 37.5. The van der Waals surface area contributed by atoms with Crippen LogP contribution in [-0.4, -0.2) is 47.5 Å². The van der Waals surface area contributed by atoms with Gasteiger partial charge >= 0.3 is 12.1 Å². The van der Waals surface area contributed by atoms with E-state index in [1.165, 1.54) is 6.92 Å². The number of carbonyl (C=O) groups excluding carboxylic acids is 3. The average Bonchev–Trinajstić information content (AvgIpc) is 2.53. The Labute approximate surface area is 154 Å². The first-order chi connectivity index (χ1) is 12.1. The van der Waals surface area contributed by atoms with Crippen LogP contribution in [0.5, 0.6) is 0 Å². The third kappa shape index (κ3) is 6.06. The Hall–Kier alpha value is -2.57. The van der Waals surface area contributed by atoms with Crippen LogP contribution in [-0.2, 0) is 4.74 Å². The molecule has 1 atom stereocenters. The third-order valence-electron chi connectivity index (χ3n) is 3.95. The predicted molar refractivity (Wildman–Crippen MR) is 99.4 cm³/mol. The number of likely N-dealkylation sites (tertiary alicyclic amines) is 1. The highest BCUT2D eigenvalue weighted by Gasteiger charge is 2.26. The van der Waals surface area contributed by atoms with E-state index in [-0.39, 0.29) is 17.9 Å². The highest BCUT2D eigenvalue weighted by Crippen LogP contribution is 2.16. The molecule has 1 aliphatic heterocycles. The van der Waals surface area contributed by atoms with Crippen molar-refractivity contribution < 1.29 is 19.1 Å². The summed E-state index contributed by atoms with van der Waals surface area (Å²) in [6, 6.07) is 6.44. The minimum absolute atomic E-state index is 0.0549. The maximum atomic E-state index is 12.5. The summed E-state index contributed by atoms with van der Waals surface area (Å²) >= 11 is 0. The van der Waals surface area contributed by atoms with E-state index >= 15 is 0 Å². The first-order valence-corrected chi connectivity index (χ1v) is 8.80. The topological polar surface area (TPSA) is 87.7 Å². The Morgan fingerprint density at radius 3 is 2.62 bits per heavy atom. The van der Waals surface area contributed by atoms with Crippen molar-refractivity contribution >= 4 is 23.6 Å². The number of hydrogen-bond acceptors (Lipinski definition) is 4. The number of rotatable bonds is 3. The van der Waals surface area contributed by atoms with Gasteiger partial charge in [-0.25, -0.2) is 9.59 Å². The Kier molecular flexibility index (Phi) is 6.23. The maximum Gasteiger partial charge on any atom is 0.407 e. The van der Waals surface area contributed by atoms with Gasteiger partial charge in [0.15, 0.2) is 5.78 Å². The molecule has 1 aromatic rings. The zero-order valence-corrected chi connectivity index (χ0v) is 15.8. The van der Waals surface area contributed by atoms with Gasteiger partial charge in [0.1, 0.15) is 5.60 Å². The van der Waals surface area contributed by atoms with Crippen molar-refractivity contribution in [2.45, 2.75) is 52.2 Å². The van der Waals surface area contributed by atoms with E-state index in [4.69, 9.17) is 4.74 Å². The molecule has 2 N–H and O–H groups in total. The number of nitrogens with zero attached hydrogens (tertiary/aromatic N) is 1. The van der Waals surface area contributed by atoms with Crippen LogP contribution in [0.25, 0.3) is 0 Å². The minimum atomic E-state index is -0.558. The van der Waals surface area contributed by atoms with E-state index in [1.54, 1.807) is 29.2 Å². The number of carbonyl (C=O) groups is 3. The van der Waals surface area contributed by atoms with Crippen molar-refractivity contribution in [2.75, 3.05) is 18.4 Å². The number of ketones is 1. The van der Waals surface area contributed by atoms with Crippen LogP contribution in [0.2, 0.25) is 0 Å². The number of alkyl carbamates (subject to hydrolysis) is 1. The van der Waals surface area contributed by atoms with Crippen molar-refractivity contribution in [1.82, 2.24) is 10.2 Å². The molecule has 142 valence electrons. The number of urea groups is 1. The normalized spacial score (nSPS) is 17.4. The van der Waals surface area contributed by atoms with Gasteiger partial charge in [-0.1, -0.05) is 12.1 Å². The molecular formula is C19H27N3O4. The molecule has 1 aliphatic rings. The zero-order valence-electron chi connectivity index (χ0n) is 15.8. The second-order valence-electron chi connectivity index (χ2n) is 7.50. The lowest BCUT2D eigenvalue weighted by Crippen LogP contribution is -2.51.